The highest BCUT2D eigenvalue weighted by Crippen LogP contribution is 2.40. The molecule has 0 rings (SSSR count). The number of amides is 2. The molecule has 0 aromatic carbocycles. The number of hydrogen-bond donors (Lipinski definition) is 1. The number of nitrogens with one attached hydrogen (secondary N) is 1. The van der Waals surface area contributed by atoms with E-state index in [1.54, 1.807) is 13.8 Å². The summed E-state index contributed by atoms with van der Waals surface area (Å²) < 4.78 is -0.694. The van der Waals surface area contributed by atoms with Crippen molar-refractivity contribution < 1.29 is 14.4 Å². The largest absolute Gasteiger partial charge is 0.445 e. The highest BCUT2D eigenvalue weighted by atomic mass is 35.6. The molecule has 0 unspecified atom stereocenters. The van der Waals surface area contributed by atoms with Gasteiger partial charge in [-0.25, -0.2) is 9.10 Å². The first kappa shape index (κ1) is 17.6. The van der Waals surface area contributed by atoms with Crippen molar-refractivity contribution in [2.24, 2.45) is 5.16 Å². The second-order valence-corrected chi connectivity index (χ2v) is 7.91. The van der Waals surface area contributed by atoms with Crippen molar-refractivity contribution in [3.8, 4) is 0 Å². The molecule has 0 saturated carbocycles. The van der Waals surface area contributed by atoms with Gasteiger partial charge in [-0.3, -0.25) is 9.63 Å². The van der Waals surface area contributed by atoms with Crippen LogP contribution in [0.5, 0.6) is 0 Å². The van der Waals surface area contributed by atoms with Crippen molar-refractivity contribution in [2.45, 2.75) is 22.5 Å². The minimum absolute atomic E-state index is 0.513. The Balaban J connectivity index is 4.26. The van der Waals surface area contributed by atoms with Crippen LogP contribution in [0, 0.1) is 0 Å². The molecule has 0 spiro atoms. The van der Waals surface area contributed by atoms with E-state index in [0.29, 0.717) is 18.4 Å². The van der Waals surface area contributed by atoms with Crippen molar-refractivity contribution in [1.29, 1.82) is 0 Å². The fourth-order valence-corrected chi connectivity index (χ4v) is 1.99. The fourth-order valence-electron chi connectivity index (χ4n) is 0.642. The molecule has 104 valence electrons. The molecule has 18 heavy (non-hydrogen) atoms. The molecule has 1 N–H and O–H groups in total. The van der Waals surface area contributed by atoms with Crippen LogP contribution < -0.4 is 5.32 Å². The molecule has 0 aromatic rings. The van der Waals surface area contributed by atoms with Gasteiger partial charge >= 0.3 is 6.09 Å². The first-order valence-electron chi connectivity index (χ1n) is 4.54. The quantitative estimate of drug-likeness (QED) is 0.209. The van der Waals surface area contributed by atoms with Crippen molar-refractivity contribution in [1.82, 2.24) is 9.62 Å². The SMILES string of the molecule is CN(SC(Cl)(Cl)Cl)C(=O)ON=CC(C)(C)NC=O. The zero-order valence-corrected chi connectivity index (χ0v) is 12.9. The predicted molar refractivity (Wildman–Crippen MR) is 73.9 cm³/mol. The minimum Gasteiger partial charge on any atom is -0.349 e. The molecule has 0 aliphatic carbocycles. The van der Waals surface area contributed by atoms with E-state index in [0.717, 1.165) is 4.31 Å². The summed E-state index contributed by atoms with van der Waals surface area (Å²) in [6.45, 7) is 3.33. The lowest BCUT2D eigenvalue weighted by Gasteiger charge is -2.19. The molecular formula is C8H12Cl3N3O3S. The number of alkyl halides is 3. The number of rotatable bonds is 5. The first-order chi connectivity index (χ1) is 8.07. The Morgan fingerprint density at radius 2 is 2.00 bits per heavy atom. The van der Waals surface area contributed by atoms with Gasteiger partial charge in [0.25, 0.3) is 3.12 Å². The highest BCUT2D eigenvalue weighted by Gasteiger charge is 2.27. The molecule has 0 saturated heterocycles. The van der Waals surface area contributed by atoms with Crippen LogP contribution in [0.3, 0.4) is 0 Å². The summed E-state index contributed by atoms with van der Waals surface area (Å²) in [4.78, 5) is 26.1. The van der Waals surface area contributed by atoms with Gasteiger partial charge in [-0.1, -0.05) is 40.0 Å². The summed E-state index contributed by atoms with van der Waals surface area (Å²) in [6, 6.07) is 0. The Bertz CT molecular complexity index is 333. The van der Waals surface area contributed by atoms with Gasteiger partial charge in [0.2, 0.25) is 6.41 Å². The third-order valence-electron chi connectivity index (χ3n) is 1.43. The Kier molecular flexibility index (Phi) is 7.13. The molecule has 2 amide bonds. The van der Waals surface area contributed by atoms with Gasteiger partial charge < -0.3 is 5.32 Å². The molecular weight excluding hydrogens is 325 g/mol. The molecule has 0 bridgehead atoms. The van der Waals surface area contributed by atoms with Crippen LogP contribution in [0.2, 0.25) is 0 Å². The third-order valence-corrected chi connectivity index (χ3v) is 2.69. The Morgan fingerprint density at radius 3 is 2.44 bits per heavy atom. The van der Waals surface area contributed by atoms with E-state index in [1.165, 1.54) is 13.3 Å². The molecule has 0 radical (unpaired) electrons. The van der Waals surface area contributed by atoms with Gasteiger partial charge in [-0.05, 0) is 13.8 Å². The smallest absolute Gasteiger partial charge is 0.349 e. The van der Waals surface area contributed by atoms with Crippen LogP contribution in [-0.4, -0.2) is 38.7 Å². The van der Waals surface area contributed by atoms with E-state index >= 15 is 0 Å². The lowest BCUT2D eigenvalue weighted by molar-refractivity contribution is -0.110. The summed E-state index contributed by atoms with van der Waals surface area (Å²) in [7, 11) is 1.36. The monoisotopic (exact) mass is 335 g/mol. The number of oxime groups is 1. The number of hydrogen-bond acceptors (Lipinski definition) is 5. The number of carbonyl (C=O) groups is 2. The van der Waals surface area contributed by atoms with E-state index in [4.69, 9.17) is 34.8 Å². The van der Waals surface area contributed by atoms with E-state index in [1.807, 2.05) is 0 Å². The van der Waals surface area contributed by atoms with Crippen molar-refractivity contribution in [3.05, 3.63) is 0 Å². The second kappa shape index (κ2) is 7.28. The fraction of sp³-hybridized carbons (Fsp3) is 0.625. The highest BCUT2D eigenvalue weighted by molar-refractivity contribution is 8.03. The zero-order valence-electron chi connectivity index (χ0n) is 9.82. The maximum Gasteiger partial charge on any atom is 0.445 e. The lowest BCUT2D eigenvalue weighted by atomic mass is 10.1. The van der Waals surface area contributed by atoms with E-state index < -0.39 is 14.8 Å². The standard InChI is InChI=1S/C8H12Cl3N3O3S/c1-7(2,12-5-15)4-13-17-6(16)14(3)18-8(9,10)11/h4-5H,1-3H3,(H,12,15). The van der Waals surface area contributed by atoms with Crippen LogP contribution in [0.15, 0.2) is 5.16 Å². The molecule has 0 atom stereocenters. The summed E-state index contributed by atoms with van der Waals surface area (Å²) in [6.07, 6.45) is 0.954. The second-order valence-electron chi connectivity index (χ2n) is 3.61. The van der Waals surface area contributed by atoms with Gasteiger partial charge in [-0.15, -0.1) is 0 Å². The molecule has 0 fully saturated rings. The topological polar surface area (TPSA) is 71.0 Å². The number of carbonyl (C=O) groups excluding carboxylic acids is 2. The average molecular weight is 337 g/mol. The zero-order chi connectivity index (χ0) is 14.4. The van der Waals surface area contributed by atoms with E-state index in [9.17, 15) is 9.59 Å². The van der Waals surface area contributed by atoms with Crippen molar-refractivity contribution in [2.75, 3.05) is 7.05 Å². The van der Waals surface area contributed by atoms with E-state index in [-0.39, 0.29) is 0 Å². The maximum absolute atomic E-state index is 11.4. The molecule has 6 nitrogen and oxygen atoms in total. The van der Waals surface area contributed by atoms with Gasteiger partial charge in [0.05, 0.1) is 11.8 Å². The molecule has 10 heteroatoms. The van der Waals surface area contributed by atoms with E-state index in [2.05, 4.69) is 15.3 Å². The van der Waals surface area contributed by atoms with Gasteiger partial charge in [0.1, 0.15) is 0 Å². The van der Waals surface area contributed by atoms with Crippen LogP contribution in [0.25, 0.3) is 0 Å². The maximum atomic E-state index is 11.4. The van der Waals surface area contributed by atoms with Crippen LogP contribution in [-0.2, 0) is 9.63 Å². The average Bonchev–Trinajstić information content (AvgIpc) is 2.14. The lowest BCUT2D eigenvalue weighted by Crippen LogP contribution is -2.39. The van der Waals surface area contributed by atoms with Gasteiger partial charge in [0.15, 0.2) is 0 Å². The minimum atomic E-state index is -1.67. The van der Waals surface area contributed by atoms with Crippen LogP contribution in [0.4, 0.5) is 4.79 Å². The molecule has 0 heterocycles. The van der Waals surface area contributed by atoms with Crippen LogP contribution in [0.1, 0.15) is 13.8 Å². The Labute approximate surface area is 124 Å². The predicted octanol–water partition coefficient (Wildman–Crippen LogP) is 2.54. The Morgan fingerprint density at radius 1 is 1.44 bits per heavy atom. The molecule has 0 aliphatic rings. The Hall–Kier alpha value is -0.370. The van der Waals surface area contributed by atoms with Gasteiger partial charge in [0, 0.05) is 19.0 Å². The van der Waals surface area contributed by atoms with Crippen LogP contribution >= 0.6 is 46.8 Å². The third kappa shape index (κ3) is 8.68. The van der Waals surface area contributed by atoms with Crippen molar-refractivity contribution >= 4 is 65.5 Å². The molecule has 0 aromatic heterocycles. The summed E-state index contributed by atoms with van der Waals surface area (Å²) >= 11 is 17.1. The number of halogens is 3. The normalized spacial score (nSPS) is 12.3. The summed E-state index contributed by atoms with van der Waals surface area (Å²) in [5.41, 5.74) is -0.733. The molecule has 0 aliphatic heterocycles. The number of nitrogens with zero attached hydrogens (tertiary/aromatic N) is 2. The summed E-state index contributed by atoms with van der Waals surface area (Å²) in [5, 5.41) is 5.89. The van der Waals surface area contributed by atoms with Gasteiger partial charge in [-0.2, -0.15) is 0 Å². The first-order valence-corrected chi connectivity index (χ1v) is 6.44. The summed E-state index contributed by atoms with van der Waals surface area (Å²) in [5.74, 6) is 0. The van der Waals surface area contributed by atoms with Crippen molar-refractivity contribution in [3.63, 3.8) is 0 Å².